The normalized spacial score (nSPS) is 19.7. The lowest BCUT2D eigenvalue weighted by Crippen LogP contribution is -2.64. The molecule has 3 aliphatic heterocycles. The number of anilines is 8. The van der Waals surface area contributed by atoms with Gasteiger partial charge in [0, 0.05) is 45.1 Å². The van der Waals surface area contributed by atoms with Gasteiger partial charge in [-0.05, 0) is 163 Å². The Bertz CT molecular complexity index is 3770. The van der Waals surface area contributed by atoms with Crippen molar-refractivity contribution >= 4 is 68.6 Å². The van der Waals surface area contributed by atoms with E-state index in [0.717, 1.165) is 76.4 Å². The topological polar surface area (TPSA) is 9.72 Å². The highest BCUT2D eigenvalue weighted by atomic mass is 15.3. The van der Waals surface area contributed by atoms with Crippen LogP contribution in [-0.4, -0.2) is 12.3 Å². The highest BCUT2D eigenvalue weighted by molar-refractivity contribution is 7.00. The van der Waals surface area contributed by atoms with Crippen LogP contribution < -0.4 is 31.1 Å². The van der Waals surface area contributed by atoms with Crippen molar-refractivity contribution in [3.8, 4) is 22.3 Å². The van der Waals surface area contributed by atoms with E-state index in [1.165, 1.54) is 50.1 Å². The molecule has 0 spiro atoms. The van der Waals surface area contributed by atoms with Crippen molar-refractivity contribution in [3.05, 3.63) is 198 Å². The Kier molecular flexibility index (Phi) is 10.1. The molecule has 8 aromatic rings. The second-order valence-electron chi connectivity index (χ2n) is 27.1. The average molecular weight is 1000 g/mol. The van der Waals surface area contributed by atoms with E-state index in [1.54, 1.807) is 0 Å². The molecule has 0 bridgehead atoms. The van der Waals surface area contributed by atoms with Crippen LogP contribution in [0.15, 0.2) is 170 Å². The van der Waals surface area contributed by atoms with Crippen molar-refractivity contribution in [1.29, 1.82) is 0 Å². The van der Waals surface area contributed by atoms with Gasteiger partial charge in [0.05, 0.1) is 23.8 Å². The lowest BCUT2D eigenvalue weighted by atomic mass is 9.33. The molecule has 76 heavy (non-hydrogen) atoms. The van der Waals surface area contributed by atoms with E-state index in [4.69, 9.17) is 4.11 Å². The Hall–Kier alpha value is -6.78. The lowest BCUT2D eigenvalue weighted by molar-refractivity contribution is 0.195. The van der Waals surface area contributed by atoms with E-state index in [0.29, 0.717) is 5.56 Å². The third kappa shape index (κ3) is 7.90. The second kappa shape index (κ2) is 17.4. The van der Waals surface area contributed by atoms with Gasteiger partial charge in [0.15, 0.2) is 0 Å². The molecule has 4 heteroatoms. The molecular formula is C72H78BN3. The number of benzene rings is 8. The average Bonchev–Trinajstić information content (AvgIpc) is 3.34. The van der Waals surface area contributed by atoms with Gasteiger partial charge in [0.1, 0.15) is 0 Å². The van der Waals surface area contributed by atoms with E-state index in [1.807, 2.05) is 0 Å². The number of hydrogen-bond donors (Lipinski definition) is 0. The first kappa shape index (κ1) is 44.4. The Morgan fingerprint density at radius 3 is 1.63 bits per heavy atom. The molecule has 384 valence electrons. The first-order valence-corrected chi connectivity index (χ1v) is 27.9. The number of fused-ring (bicyclic) bond motifs is 7. The molecule has 0 saturated heterocycles. The quantitative estimate of drug-likeness (QED) is 0.154. The molecule has 3 nitrogen and oxygen atoms in total. The smallest absolute Gasteiger partial charge is 0.252 e. The fourth-order valence-corrected chi connectivity index (χ4v) is 13.4. The zero-order valence-electron chi connectivity index (χ0n) is 52.5. The van der Waals surface area contributed by atoms with Gasteiger partial charge in [-0.1, -0.05) is 212 Å². The minimum absolute atomic E-state index is 0.0349. The summed E-state index contributed by atoms with van der Waals surface area (Å²) in [5, 5.41) is 0. The predicted octanol–water partition coefficient (Wildman–Crippen LogP) is 18.0. The Morgan fingerprint density at radius 1 is 0.474 bits per heavy atom. The molecule has 1 fully saturated rings. The fourth-order valence-electron chi connectivity index (χ4n) is 13.4. The molecule has 0 aromatic heterocycles. The van der Waals surface area contributed by atoms with E-state index < -0.39 is 5.54 Å². The highest BCUT2D eigenvalue weighted by Crippen LogP contribution is 2.63. The summed E-state index contributed by atoms with van der Waals surface area (Å²) < 4.78 is 45.4. The molecule has 2 unspecified atom stereocenters. The first-order chi connectivity index (χ1) is 38.0. The highest BCUT2D eigenvalue weighted by Gasteiger charge is 2.61. The van der Waals surface area contributed by atoms with Gasteiger partial charge in [-0.2, -0.15) is 0 Å². The third-order valence-corrected chi connectivity index (χ3v) is 18.1. The van der Waals surface area contributed by atoms with E-state index >= 15 is 0 Å². The molecule has 2 atom stereocenters. The summed E-state index contributed by atoms with van der Waals surface area (Å²) in [4.78, 5) is 7.80. The summed E-state index contributed by atoms with van der Waals surface area (Å²) in [6, 6.07) is 51.6. The molecule has 0 amide bonds. The van der Waals surface area contributed by atoms with Crippen molar-refractivity contribution in [2.24, 2.45) is 0 Å². The molecule has 8 aromatic carbocycles. The first-order valence-electron chi connectivity index (χ1n) is 30.4. The van der Waals surface area contributed by atoms with Crippen molar-refractivity contribution < 1.29 is 6.85 Å². The number of rotatable bonds is 6. The van der Waals surface area contributed by atoms with Crippen molar-refractivity contribution in [3.63, 3.8) is 0 Å². The maximum absolute atomic E-state index is 9.44. The van der Waals surface area contributed by atoms with E-state index in [2.05, 4.69) is 251 Å². The minimum Gasteiger partial charge on any atom is -0.335 e. The van der Waals surface area contributed by atoms with Crippen LogP contribution >= 0.6 is 0 Å². The van der Waals surface area contributed by atoms with Crippen molar-refractivity contribution in [2.45, 2.75) is 155 Å². The molecule has 4 aliphatic rings. The summed E-state index contributed by atoms with van der Waals surface area (Å²) in [6.45, 7) is 32.1. The maximum atomic E-state index is 9.44. The fraction of sp³-hybridized carbons (Fsp3) is 0.333. The minimum atomic E-state index is -0.392. The van der Waals surface area contributed by atoms with Crippen LogP contribution in [0.3, 0.4) is 0 Å². The molecule has 1 aliphatic carbocycles. The van der Waals surface area contributed by atoms with Gasteiger partial charge in [-0.25, -0.2) is 0 Å². The molecule has 1 saturated carbocycles. The second-order valence-corrected chi connectivity index (χ2v) is 27.1. The van der Waals surface area contributed by atoms with Crippen molar-refractivity contribution in [1.82, 2.24) is 0 Å². The third-order valence-electron chi connectivity index (χ3n) is 18.1. The van der Waals surface area contributed by atoms with Gasteiger partial charge in [0.25, 0.3) is 6.71 Å². The van der Waals surface area contributed by atoms with Gasteiger partial charge in [-0.3, -0.25) is 0 Å². The van der Waals surface area contributed by atoms with Crippen LogP contribution in [0.1, 0.15) is 157 Å². The van der Waals surface area contributed by atoms with Crippen LogP contribution in [0, 0.1) is 0 Å². The predicted molar refractivity (Wildman–Crippen MR) is 329 cm³/mol. The molecule has 0 radical (unpaired) electrons. The van der Waals surface area contributed by atoms with Crippen LogP contribution in [0.5, 0.6) is 0 Å². The Labute approximate surface area is 463 Å². The molecule has 0 N–H and O–H groups in total. The summed E-state index contributed by atoms with van der Waals surface area (Å²) >= 11 is 0. The van der Waals surface area contributed by atoms with Crippen LogP contribution in [0.2, 0.25) is 0 Å². The number of nitrogens with zero attached hydrogens (tertiary/aromatic N) is 3. The largest absolute Gasteiger partial charge is 0.335 e. The maximum Gasteiger partial charge on any atom is 0.252 e. The van der Waals surface area contributed by atoms with Crippen LogP contribution in [-0.2, 0) is 27.1 Å². The zero-order valence-corrected chi connectivity index (χ0v) is 47.5. The van der Waals surface area contributed by atoms with Gasteiger partial charge in [0.2, 0.25) is 0 Å². The molecule has 12 rings (SSSR count). The summed E-state index contributed by atoms with van der Waals surface area (Å²) in [5.41, 5.74) is 20.6. The van der Waals surface area contributed by atoms with Gasteiger partial charge < -0.3 is 14.7 Å². The lowest BCUT2D eigenvalue weighted by Gasteiger charge is -2.53. The van der Waals surface area contributed by atoms with Crippen LogP contribution in [0.25, 0.3) is 22.3 Å². The van der Waals surface area contributed by atoms with Gasteiger partial charge >= 0.3 is 0 Å². The van der Waals surface area contributed by atoms with E-state index in [-0.39, 0.29) is 69.6 Å². The Morgan fingerprint density at radius 2 is 1.03 bits per heavy atom. The summed E-state index contributed by atoms with van der Waals surface area (Å²) in [7, 11) is 0. The van der Waals surface area contributed by atoms with Gasteiger partial charge in [-0.15, -0.1) is 0 Å². The van der Waals surface area contributed by atoms with Crippen LogP contribution in [0.4, 0.5) is 45.5 Å². The monoisotopic (exact) mass is 1000 g/mol. The Balaban J connectivity index is 1.25. The molecular weight excluding hydrogens is 918 g/mol. The molecule has 3 heterocycles. The number of hydrogen-bond acceptors (Lipinski definition) is 3. The SMILES string of the molecule is [2H]c1c([2H])c([2H])c(-c2cc3c4c(c2)C2(C)CCCCC2(C)N4c2cc(N(c4ccc(C(C)(C)C)cc4)c4ccc(C(C)(C)C)cc4)cc4c2B3c2ccc(C(C)(C)C)cc2N4c2ccc(C(C)(C)C)cc2-c2ccccc2)c([2H])c1[2H]. The zero-order chi connectivity index (χ0) is 57.8. The van der Waals surface area contributed by atoms with Crippen molar-refractivity contribution in [2.75, 3.05) is 14.7 Å². The van der Waals surface area contributed by atoms with E-state index in [9.17, 15) is 2.74 Å². The standard InChI is InChI=1S/C72H78BN3/c1-67(2,3)50-27-33-54(34-28-50)74(55-35-29-51(30-36-55)68(4,5)6)56-45-63-65-64(46-56)76-66-58(71(13)39-21-22-40-72(71,76)14)41-49(47-23-17-15-18-24-47)42-60(66)73(65)59-37-31-53(70(10,11)12)44-62(59)75(63)61-38-32-52(69(7,8)9)43-57(61)48-25-19-16-20-26-48/h15-20,23-38,41-46H,21-22,39-40H2,1-14H3/i15D,17D,18D,23D,24D. The summed E-state index contributed by atoms with van der Waals surface area (Å²) in [5.74, 6) is 0. The summed E-state index contributed by atoms with van der Waals surface area (Å²) in [6.07, 6.45) is 4.05.